The summed E-state index contributed by atoms with van der Waals surface area (Å²) >= 11 is 0. The molecule has 2 atom stereocenters. The molecule has 1 aromatic carbocycles. The minimum absolute atomic E-state index is 0.0650. The molecule has 2 rings (SSSR count). The lowest BCUT2D eigenvalue weighted by Crippen LogP contribution is -2.27. The van der Waals surface area contributed by atoms with Crippen LogP contribution in [0.4, 0.5) is 10.1 Å². The number of rotatable bonds is 3. The van der Waals surface area contributed by atoms with Gasteiger partial charge in [0.2, 0.25) is 0 Å². The van der Waals surface area contributed by atoms with Crippen LogP contribution >= 0.6 is 0 Å². The number of benzene rings is 1. The van der Waals surface area contributed by atoms with E-state index in [0.29, 0.717) is 0 Å². The molecule has 0 bridgehead atoms. The van der Waals surface area contributed by atoms with Crippen LogP contribution in [-0.2, 0) is 0 Å². The van der Waals surface area contributed by atoms with Crippen LogP contribution in [-0.4, -0.2) is 24.4 Å². The van der Waals surface area contributed by atoms with Crippen molar-refractivity contribution in [2.45, 2.75) is 31.4 Å². The van der Waals surface area contributed by atoms with Gasteiger partial charge in [0.05, 0.1) is 19.3 Å². The smallest absolute Gasteiger partial charge is 0.165 e. The van der Waals surface area contributed by atoms with Crippen molar-refractivity contribution >= 4 is 5.69 Å². The van der Waals surface area contributed by atoms with E-state index < -0.39 is 0 Å². The van der Waals surface area contributed by atoms with Gasteiger partial charge in [-0.25, -0.2) is 4.39 Å². The summed E-state index contributed by atoms with van der Waals surface area (Å²) in [5, 5.41) is 12.9. The molecule has 1 saturated carbocycles. The molecule has 1 aliphatic carbocycles. The number of anilines is 1. The van der Waals surface area contributed by atoms with Crippen LogP contribution in [0, 0.1) is 5.82 Å². The Bertz CT molecular complexity index is 370. The van der Waals surface area contributed by atoms with Gasteiger partial charge in [0.1, 0.15) is 0 Å². The van der Waals surface area contributed by atoms with E-state index >= 15 is 0 Å². The summed E-state index contributed by atoms with van der Waals surface area (Å²) in [5.41, 5.74) is 0.782. The van der Waals surface area contributed by atoms with Gasteiger partial charge < -0.3 is 15.2 Å². The van der Waals surface area contributed by atoms with Crippen molar-refractivity contribution in [2.75, 3.05) is 12.4 Å². The number of halogens is 1. The first-order chi connectivity index (χ1) is 7.70. The van der Waals surface area contributed by atoms with Crippen molar-refractivity contribution in [3.63, 3.8) is 0 Å². The maximum absolute atomic E-state index is 13.2. The first-order valence-corrected chi connectivity index (χ1v) is 5.49. The lowest BCUT2D eigenvalue weighted by molar-refractivity contribution is 0.172. The van der Waals surface area contributed by atoms with Gasteiger partial charge in [-0.1, -0.05) is 0 Å². The molecule has 0 radical (unpaired) electrons. The van der Waals surface area contributed by atoms with Crippen molar-refractivity contribution in [1.29, 1.82) is 0 Å². The molecular weight excluding hydrogens is 209 g/mol. The van der Waals surface area contributed by atoms with Crippen molar-refractivity contribution in [2.24, 2.45) is 0 Å². The molecule has 0 aromatic heterocycles. The largest absolute Gasteiger partial charge is 0.494 e. The lowest BCUT2D eigenvalue weighted by Gasteiger charge is -2.18. The number of aliphatic hydroxyl groups excluding tert-OH is 1. The second-order valence-electron chi connectivity index (χ2n) is 4.10. The third-order valence-electron chi connectivity index (χ3n) is 2.98. The van der Waals surface area contributed by atoms with Crippen LogP contribution in [0.1, 0.15) is 19.3 Å². The molecule has 1 fully saturated rings. The molecule has 0 heterocycles. The average molecular weight is 225 g/mol. The number of hydrogen-bond acceptors (Lipinski definition) is 3. The van der Waals surface area contributed by atoms with Crippen molar-refractivity contribution in [1.82, 2.24) is 0 Å². The highest BCUT2D eigenvalue weighted by Crippen LogP contribution is 2.26. The van der Waals surface area contributed by atoms with Gasteiger partial charge in [0.25, 0.3) is 0 Å². The number of methoxy groups -OCH3 is 1. The number of nitrogens with one attached hydrogen (secondary N) is 1. The second-order valence-corrected chi connectivity index (χ2v) is 4.10. The van der Waals surface area contributed by atoms with E-state index in [-0.39, 0.29) is 23.7 Å². The van der Waals surface area contributed by atoms with Crippen molar-refractivity contribution < 1.29 is 14.2 Å². The summed E-state index contributed by atoms with van der Waals surface area (Å²) in [5.74, 6) is -0.155. The summed E-state index contributed by atoms with van der Waals surface area (Å²) in [4.78, 5) is 0. The molecule has 3 nitrogen and oxygen atoms in total. The van der Waals surface area contributed by atoms with Crippen LogP contribution in [0.3, 0.4) is 0 Å². The predicted molar refractivity (Wildman–Crippen MR) is 60.2 cm³/mol. The zero-order valence-corrected chi connectivity index (χ0v) is 9.24. The van der Waals surface area contributed by atoms with Gasteiger partial charge in [-0.3, -0.25) is 0 Å². The van der Waals surface area contributed by atoms with Gasteiger partial charge in [-0.15, -0.1) is 0 Å². The summed E-state index contributed by atoms with van der Waals surface area (Å²) in [6, 6.07) is 4.70. The maximum Gasteiger partial charge on any atom is 0.165 e. The summed E-state index contributed by atoms with van der Waals surface area (Å²) < 4.78 is 18.1. The predicted octanol–water partition coefficient (Wildman–Crippen LogP) is 2.16. The normalized spacial score (nSPS) is 24.4. The monoisotopic (exact) mass is 225 g/mol. The van der Waals surface area contributed by atoms with E-state index in [1.807, 2.05) is 0 Å². The van der Waals surface area contributed by atoms with Gasteiger partial charge in [0, 0.05) is 11.8 Å². The summed E-state index contributed by atoms with van der Waals surface area (Å²) in [6.45, 7) is 0. The van der Waals surface area contributed by atoms with Crippen LogP contribution < -0.4 is 10.1 Å². The average Bonchev–Trinajstić information content (AvgIpc) is 2.67. The Hall–Kier alpha value is -1.29. The fourth-order valence-electron chi connectivity index (χ4n) is 2.07. The molecule has 4 heteroatoms. The second kappa shape index (κ2) is 4.70. The molecule has 0 spiro atoms. The zero-order chi connectivity index (χ0) is 11.5. The van der Waals surface area contributed by atoms with E-state index in [0.717, 1.165) is 24.9 Å². The Morgan fingerprint density at radius 1 is 1.44 bits per heavy atom. The Labute approximate surface area is 94.2 Å². The number of hydrogen-bond donors (Lipinski definition) is 2. The molecule has 16 heavy (non-hydrogen) atoms. The highest BCUT2D eigenvalue weighted by molar-refractivity contribution is 5.49. The molecule has 0 amide bonds. The fraction of sp³-hybridized carbons (Fsp3) is 0.500. The van der Waals surface area contributed by atoms with Gasteiger partial charge >= 0.3 is 0 Å². The highest BCUT2D eigenvalue weighted by Gasteiger charge is 2.24. The van der Waals surface area contributed by atoms with Crippen LogP contribution in [0.25, 0.3) is 0 Å². The third kappa shape index (κ3) is 2.27. The lowest BCUT2D eigenvalue weighted by atomic mass is 10.2. The van der Waals surface area contributed by atoms with Crippen LogP contribution in [0.2, 0.25) is 0 Å². The zero-order valence-electron chi connectivity index (χ0n) is 9.24. The van der Waals surface area contributed by atoms with Crippen molar-refractivity contribution in [3.05, 3.63) is 24.0 Å². The standard InChI is InChI=1S/C12H16FNO2/c1-16-12-7-8(5-6-9(12)13)14-10-3-2-4-11(10)15/h5-7,10-11,14-15H,2-4H2,1H3/t10-,11-/m0/s1. The van der Waals surface area contributed by atoms with Crippen molar-refractivity contribution in [3.8, 4) is 5.75 Å². The van der Waals surface area contributed by atoms with E-state index in [4.69, 9.17) is 4.74 Å². The first kappa shape index (κ1) is 11.2. The number of aliphatic hydroxyl groups is 1. The molecule has 0 aliphatic heterocycles. The molecule has 0 unspecified atom stereocenters. The van der Waals surface area contributed by atoms with Crippen LogP contribution in [0.15, 0.2) is 18.2 Å². The minimum Gasteiger partial charge on any atom is -0.494 e. The Kier molecular flexibility index (Phi) is 3.29. The molecule has 88 valence electrons. The first-order valence-electron chi connectivity index (χ1n) is 5.49. The summed E-state index contributed by atoms with van der Waals surface area (Å²) in [6.07, 6.45) is 2.49. The third-order valence-corrected chi connectivity index (χ3v) is 2.98. The van der Waals surface area contributed by atoms with Gasteiger partial charge in [-0.05, 0) is 31.4 Å². The Morgan fingerprint density at radius 3 is 2.88 bits per heavy atom. The quantitative estimate of drug-likeness (QED) is 0.828. The molecular formula is C12H16FNO2. The van der Waals surface area contributed by atoms with E-state index in [9.17, 15) is 9.50 Å². The van der Waals surface area contributed by atoms with E-state index in [1.54, 1.807) is 12.1 Å². The van der Waals surface area contributed by atoms with E-state index in [2.05, 4.69) is 5.32 Å². The van der Waals surface area contributed by atoms with Gasteiger partial charge in [0.15, 0.2) is 11.6 Å². The maximum atomic E-state index is 13.2. The highest BCUT2D eigenvalue weighted by atomic mass is 19.1. The minimum atomic E-state index is -0.375. The van der Waals surface area contributed by atoms with E-state index in [1.165, 1.54) is 13.2 Å². The summed E-state index contributed by atoms with van der Waals surface area (Å²) in [7, 11) is 1.44. The molecule has 1 aliphatic rings. The number of ether oxygens (including phenoxy) is 1. The Balaban J connectivity index is 2.09. The molecule has 0 saturated heterocycles. The molecule has 2 N–H and O–H groups in total. The van der Waals surface area contributed by atoms with Crippen LogP contribution in [0.5, 0.6) is 5.75 Å². The Morgan fingerprint density at radius 2 is 2.25 bits per heavy atom. The molecule has 1 aromatic rings. The topological polar surface area (TPSA) is 41.5 Å². The SMILES string of the molecule is COc1cc(N[C@H]2CCC[C@@H]2O)ccc1F. The van der Waals surface area contributed by atoms with Gasteiger partial charge in [-0.2, -0.15) is 0 Å². The fourth-order valence-corrected chi connectivity index (χ4v) is 2.07.